The van der Waals surface area contributed by atoms with Crippen molar-refractivity contribution in [1.82, 2.24) is 9.97 Å². The number of hydrogen-bond acceptors (Lipinski definition) is 5. The Morgan fingerprint density at radius 1 is 1.59 bits per heavy atom. The third-order valence-electron chi connectivity index (χ3n) is 2.14. The lowest BCUT2D eigenvalue weighted by molar-refractivity contribution is 0.907. The van der Waals surface area contributed by atoms with Gasteiger partial charge >= 0.3 is 0 Å². The van der Waals surface area contributed by atoms with Gasteiger partial charge in [0.15, 0.2) is 5.82 Å². The van der Waals surface area contributed by atoms with Crippen LogP contribution in [0.5, 0.6) is 0 Å². The van der Waals surface area contributed by atoms with E-state index in [0.29, 0.717) is 11.5 Å². The minimum absolute atomic E-state index is 0.202. The van der Waals surface area contributed by atoms with Gasteiger partial charge in [-0.05, 0) is 33.6 Å². The second-order valence-electron chi connectivity index (χ2n) is 3.51. The number of nitrogens with zero attached hydrogens (tertiary/aromatic N) is 3. The van der Waals surface area contributed by atoms with E-state index in [-0.39, 0.29) is 5.28 Å². The lowest BCUT2D eigenvalue weighted by atomic mass is 10.4. The molecular weight excluding hydrogens is 324 g/mol. The third kappa shape index (κ3) is 3.08. The van der Waals surface area contributed by atoms with E-state index in [1.54, 1.807) is 11.3 Å². The number of rotatable bonds is 3. The molecule has 2 aromatic rings. The summed E-state index contributed by atoms with van der Waals surface area (Å²) in [5, 5.41) is 2.24. The molecule has 2 aromatic heterocycles. The van der Waals surface area contributed by atoms with Crippen molar-refractivity contribution in [3.63, 3.8) is 0 Å². The van der Waals surface area contributed by atoms with Crippen LogP contribution >= 0.6 is 38.9 Å². The summed E-state index contributed by atoms with van der Waals surface area (Å²) in [6.07, 6.45) is 1.52. The van der Waals surface area contributed by atoms with Crippen LogP contribution in [0.2, 0.25) is 5.28 Å². The fraction of sp³-hybridized carbons (Fsp3) is 0.200. The maximum Gasteiger partial charge on any atom is 0.224 e. The number of aromatic nitrogens is 2. The highest BCUT2D eigenvalue weighted by molar-refractivity contribution is 9.10. The van der Waals surface area contributed by atoms with E-state index >= 15 is 0 Å². The molecule has 2 heterocycles. The first-order valence-corrected chi connectivity index (χ1v) is 6.83. The highest BCUT2D eigenvalue weighted by Gasteiger charge is 2.10. The van der Waals surface area contributed by atoms with Gasteiger partial charge in [-0.3, -0.25) is 0 Å². The Morgan fingerprint density at radius 2 is 2.35 bits per heavy atom. The number of nitrogen functional groups attached to an aromatic ring is 1. The van der Waals surface area contributed by atoms with E-state index in [1.807, 2.05) is 17.3 Å². The predicted octanol–water partition coefficient (Wildman–Crippen LogP) is 3.17. The first-order valence-electron chi connectivity index (χ1n) is 4.78. The highest BCUT2D eigenvalue weighted by atomic mass is 79.9. The molecule has 0 saturated carbocycles. The van der Waals surface area contributed by atoms with E-state index in [2.05, 4.69) is 32.0 Å². The molecule has 2 N–H and O–H groups in total. The zero-order chi connectivity index (χ0) is 12.4. The maximum atomic E-state index is 5.82. The molecule has 0 aliphatic heterocycles. The molecule has 7 heteroatoms. The van der Waals surface area contributed by atoms with Gasteiger partial charge in [0.2, 0.25) is 5.28 Å². The van der Waals surface area contributed by atoms with Crippen LogP contribution < -0.4 is 10.6 Å². The summed E-state index contributed by atoms with van der Waals surface area (Å²) in [5.74, 6) is 0.648. The van der Waals surface area contributed by atoms with E-state index in [4.69, 9.17) is 17.3 Å². The molecule has 90 valence electrons. The van der Waals surface area contributed by atoms with Gasteiger partial charge in [0.25, 0.3) is 0 Å². The number of thiophene rings is 1. The normalized spacial score (nSPS) is 10.5. The fourth-order valence-corrected chi connectivity index (χ4v) is 3.04. The van der Waals surface area contributed by atoms with Crippen molar-refractivity contribution in [3.05, 3.63) is 32.3 Å². The molecule has 0 aliphatic rings. The number of nitrogens with two attached hydrogens (primary N) is 1. The Hall–Kier alpha value is -0.850. The van der Waals surface area contributed by atoms with Crippen LogP contribution in [-0.2, 0) is 6.54 Å². The Balaban J connectivity index is 2.19. The Kier molecular flexibility index (Phi) is 3.86. The largest absolute Gasteiger partial charge is 0.394 e. The zero-order valence-corrected chi connectivity index (χ0v) is 12.2. The molecule has 2 rings (SSSR count). The second kappa shape index (κ2) is 5.20. The van der Waals surface area contributed by atoms with Crippen LogP contribution in [0.25, 0.3) is 0 Å². The average Bonchev–Trinajstić information content (AvgIpc) is 2.67. The van der Waals surface area contributed by atoms with Gasteiger partial charge in [-0.2, -0.15) is 4.98 Å². The van der Waals surface area contributed by atoms with E-state index in [9.17, 15) is 0 Å². The lowest BCUT2D eigenvalue weighted by Gasteiger charge is -2.18. The molecule has 0 aromatic carbocycles. The average molecular weight is 334 g/mol. The molecule has 0 saturated heterocycles. The van der Waals surface area contributed by atoms with Crippen molar-refractivity contribution in [2.45, 2.75) is 6.54 Å². The molecule has 4 nitrogen and oxygen atoms in total. The van der Waals surface area contributed by atoms with Crippen LogP contribution in [0.4, 0.5) is 11.5 Å². The van der Waals surface area contributed by atoms with Gasteiger partial charge in [0.1, 0.15) is 0 Å². The predicted molar refractivity (Wildman–Crippen MR) is 75.6 cm³/mol. The SMILES string of the molecule is CN(Cc1cc(Br)cs1)c1nc(Cl)ncc1N. The summed E-state index contributed by atoms with van der Waals surface area (Å²) in [4.78, 5) is 11.1. The smallest absolute Gasteiger partial charge is 0.224 e. The fourth-order valence-electron chi connectivity index (χ4n) is 1.41. The molecule has 17 heavy (non-hydrogen) atoms. The Labute approximate surface area is 117 Å². The molecule has 0 fully saturated rings. The molecule has 0 bridgehead atoms. The summed E-state index contributed by atoms with van der Waals surface area (Å²) >= 11 is 10.9. The van der Waals surface area contributed by atoms with Gasteiger partial charge < -0.3 is 10.6 Å². The molecule has 0 radical (unpaired) electrons. The van der Waals surface area contributed by atoms with Gasteiger partial charge in [0.05, 0.1) is 18.4 Å². The van der Waals surface area contributed by atoms with Crippen molar-refractivity contribution < 1.29 is 0 Å². The summed E-state index contributed by atoms with van der Waals surface area (Å²) < 4.78 is 1.08. The van der Waals surface area contributed by atoms with E-state index in [1.165, 1.54) is 11.1 Å². The van der Waals surface area contributed by atoms with E-state index in [0.717, 1.165) is 11.0 Å². The van der Waals surface area contributed by atoms with Crippen LogP contribution in [0.3, 0.4) is 0 Å². The minimum Gasteiger partial charge on any atom is -0.394 e. The van der Waals surface area contributed by atoms with Crippen LogP contribution in [0, 0.1) is 0 Å². The van der Waals surface area contributed by atoms with Gasteiger partial charge in [-0.15, -0.1) is 11.3 Å². The minimum atomic E-state index is 0.202. The third-order valence-corrected chi connectivity index (χ3v) is 4.01. The number of halogens is 2. The standard InChI is InChI=1S/C10H10BrClN4S/c1-16(4-7-2-6(11)5-17-7)9-8(13)3-14-10(12)15-9/h2-3,5H,4,13H2,1H3. The molecule has 0 amide bonds. The van der Waals surface area contributed by atoms with Crippen molar-refractivity contribution >= 4 is 50.4 Å². The lowest BCUT2D eigenvalue weighted by Crippen LogP contribution is -2.18. The van der Waals surface area contributed by atoms with Crippen molar-refractivity contribution in [3.8, 4) is 0 Å². The summed E-state index contributed by atoms with van der Waals surface area (Å²) in [5.41, 5.74) is 6.34. The molecule has 0 unspecified atom stereocenters. The summed E-state index contributed by atoms with van der Waals surface area (Å²) in [6.45, 7) is 0.730. The second-order valence-corrected chi connectivity index (χ2v) is 5.75. The van der Waals surface area contributed by atoms with Gasteiger partial charge in [-0.1, -0.05) is 0 Å². The van der Waals surface area contributed by atoms with Crippen molar-refractivity contribution in [2.24, 2.45) is 0 Å². The number of hydrogen-bond donors (Lipinski definition) is 1. The van der Waals surface area contributed by atoms with Crippen LogP contribution in [0.15, 0.2) is 22.1 Å². The van der Waals surface area contributed by atoms with Gasteiger partial charge in [0, 0.05) is 21.8 Å². The van der Waals surface area contributed by atoms with Gasteiger partial charge in [-0.25, -0.2) is 4.98 Å². The first-order chi connectivity index (χ1) is 8.06. The molecule has 0 aliphatic carbocycles. The quantitative estimate of drug-likeness (QED) is 0.877. The molecule has 0 atom stereocenters. The van der Waals surface area contributed by atoms with Crippen LogP contribution in [0.1, 0.15) is 4.88 Å². The molecular formula is C10H10BrClN4S. The molecule has 0 spiro atoms. The van der Waals surface area contributed by atoms with Crippen molar-refractivity contribution in [1.29, 1.82) is 0 Å². The number of anilines is 2. The topological polar surface area (TPSA) is 55.0 Å². The zero-order valence-electron chi connectivity index (χ0n) is 9.02. The Morgan fingerprint density at radius 3 is 3.00 bits per heavy atom. The van der Waals surface area contributed by atoms with Crippen molar-refractivity contribution in [2.75, 3.05) is 17.7 Å². The maximum absolute atomic E-state index is 5.82. The Bertz CT molecular complexity index is 531. The summed E-state index contributed by atoms with van der Waals surface area (Å²) in [6, 6.07) is 2.07. The van der Waals surface area contributed by atoms with Crippen LogP contribution in [-0.4, -0.2) is 17.0 Å². The summed E-state index contributed by atoms with van der Waals surface area (Å²) in [7, 11) is 1.92. The highest BCUT2D eigenvalue weighted by Crippen LogP contribution is 2.25. The monoisotopic (exact) mass is 332 g/mol. The van der Waals surface area contributed by atoms with E-state index < -0.39 is 0 Å². The first kappa shape index (κ1) is 12.6.